The second-order valence-electron chi connectivity index (χ2n) is 10.9. The molecule has 0 saturated carbocycles. The molecule has 1 saturated heterocycles. The van der Waals surface area contributed by atoms with Crippen LogP contribution in [0.5, 0.6) is 0 Å². The van der Waals surface area contributed by atoms with Gasteiger partial charge in [-0.15, -0.1) is 0 Å². The Morgan fingerprint density at radius 1 is 0.861 bits per heavy atom. The van der Waals surface area contributed by atoms with Gasteiger partial charge in [-0.25, -0.2) is 9.59 Å². The van der Waals surface area contributed by atoms with E-state index in [-0.39, 0.29) is 17.5 Å². The summed E-state index contributed by atoms with van der Waals surface area (Å²) in [6.45, 7) is 10.8. The summed E-state index contributed by atoms with van der Waals surface area (Å²) in [5.74, 6) is -0.776. The maximum atomic E-state index is 12.3. The monoisotopic (exact) mass is 494 g/mol. The van der Waals surface area contributed by atoms with Crippen LogP contribution in [0.15, 0.2) is 36.4 Å². The molecule has 8 nitrogen and oxygen atoms in total. The van der Waals surface area contributed by atoms with Crippen LogP contribution in [0.4, 0.5) is 0 Å². The molecule has 2 aromatic rings. The van der Waals surface area contributed by atoms with Crippen LogP contribution in [0.1, 0.15) is 69.0 Å². The van der Waals surface area contributed by atoms with Crippen LogP contribution >= 0.6 is 0 Å². The highest BCUT2D eigenvalue weighted by Crippen LogP contribution is 2.38. The Morgan fingerprint density at radius 3 is 1.86 bits per heavy atom. The Hall–Kier alpha value is -2.78. The molecule has 3 aliphatic heterocycles. The molecule has 2 N–H and O–H groups in total. The van der Waals surface area contributed by atoms with Crippen molar-refractivity contribution in [1.29, 1.82) is 0 Å². The number of aliphatic hydroxyl groups is 2. The summed E-state index contributed by atoms with van der Waals surface area (Å²) < 4.78 is 11.1. The fourth-order valence-electron chi connectivity index (χ4n) is 5.96. The lowest BCUT2D eigenvalue weighted by molar-refractivity contribution is -0.0668. The molecule has 3 heterocycles. The lowest BCUT2D eigenvalue weighted by atomic mass is 9.93. The van der Waals surface area contributed by atoms with E-state index >= 15 is 0 Å². The van der Waals surface area contributed by atoms with Crippen molar-refractivity contribution in [2.45, 2.75) is 57.6 Å². The maximum absolute atomic E-state index is 12.3. The minimum Gasteiger partial charge on any atom is -0.451 e. The van der Waals surface area contributed by atoms with Gasteiger partial charge in [-0.1, -0.05) is 24.3 Å². The predicted octanol–water partition coefficient (Wildman–Crippen LogP) is 2.54. The summed E-state index contributed by atoms with van der Waals surface area (Å²) in [7, 11) is 0. The molecule has 36 heavy (non-hydrogen) atoms. The number of rotatable bonds is 6. The van der Waals surface area contributed by atoms with E-state index in [0.717, 1.165) is 22.3 Å². The smallest absolute Gasteiger partial charge is 0.339 e. The van der Waals surface area contributed by atoms with Crippen molar-refractivity contribution in [2.24, 2.45) is 0 Å². The van der Waals surface area contributed by atoms with Crippen molar-refractivity contribution in [3.05, 3.63) is 69.8 Å². The zero-order valence-electron chi connectivity index (χ0n) is 21.2. The van der Waals surface area contributed by atoms with Gasteiger partial charge in [-0.05, 0) is 51.0 Å². The van der Waals surface area contributed by atoms with Crippen molar-refractivity contribution in [3.8, 4) is 0 Å². The van der Waals surface area contributed by atoms with Crippen molar-refractivity contribution in [3.63, 3.8) is 0 Å². The number of fused-ring (bicyclic) bond motifs is 2. The fourth-order valence-corrected chi connectivity index (χ4v) is 5.96. The average molecular weight is 495 g/mol. The van der Waals surface area contributed by atoms with Crippen LogP contribution in [-0.2, 0) is 9.47 Å². The predicted molar refractivity (Wildman–Crippen MR) is 133 cm³/mol. The summed E-state index contributed by atoms with van der Waals surface area (Å²) in [6.07, 6.45) is -3.05. The van der Waals surface area contributed by atoms with E-state index in [0.29, 0.717) is 43.9 Å². The van der Waals surface area contributed by atoms with Gasteiger partial charge in [0.05, 0.1) is 11.1 Å². The van der Waals surface area contributed by atoms with Gasteiger partial charge in [0.1, 0.15) is 12.2 Å². The molecule has 2 aromatic carbocycles. The number of piperazine rings is 1. The minimum absolute atomic E-state index is 0.295. The van der Waals surface area contributed by atoms with E-state index in [2.05, 4.69) is 23.6 Å². The number of aryl methyl sites for hydroxylation is 2. The van der Waals surface area contributed by atoms with E-state index in [1.165, 1.54) is 0 Å². The second kappa shape index (κ2) is 9.27. The molecule has 0 aliphatic carbocycles. The van der Waals surface area contributed by atoms with Crippen LogP contribution < -0.4 is 0 Å². The zero-order chi connectivity index (χ0) is 25.8. The third kappa shape index (κ3) is 4.32. The number of benzene rings is 2. The number of esters is 2. The highest BCUT2D eigenvalue weighted by Gasteiger charge is 2.43. The molecular formula is C28H34N2O6. The number of hydrogen-bond donors (Lipinski definition) is 2. The first-order valence-electron chi connectivity index (χ1n) is 12.5. The summed E-state index contributed by atoms with van der Waals surface area (Å²) in [5.41, 5.74) is 4.19. The Kier molecular flexibility index (Phi) is 6.41. The number of cyclic esters (lactones) is 2. The number of aliphatic hydroxyl groups excluding tert-OH is 2. The Balaban J connectivity index is 1.23. The molecule has 0 radical (unpaired) electrons. The second-order valence-corrected chi connectivity index (χ2v) is 10.9. The summed E-state index contributed by atoms with van der Waals surface area (Å²) >= 11 is 0. The topological polar surface area (TPSA) is 99.5 Å². The van der Waals surface area contributed by atoms with Gasteiger partial charge in [0.25, 0.3) is 0 Å². The van der Waals surface area contributed by atoms with Crippen molar-refractivity contribution in [1.82, 2.24) is 9.80 Å². The van der Waals surface area contributed by atoms with Crippen molar-refractivity contribution in [2.75, 3.05) is 32.7 Å². The quantitative estimate of drug-likeness (QED) is 0.591. The first-order chi connectivity index (χ1) is 17.1. The van der Waals surface area contributed by atoms with Crippen molar-refractivity contribution < 1.29 is 29.3 Å². The minimum atomic E-state index is -0.856. The highest BCUT2D eigenvalue weighted by atomic mass is 16.6. The number of hydrogen-bond acceptors (Lipinski definition) is 8. The first kappa shape index (κ1) is 24.9. The maximum Gasteiger partial charge on any atom is 0.339 e. The van der Waals surface area contributed by atoms with Gasteiger partial charge in [-0.2, -0.15) is 0 Å². The highest BCUT2D eigenvalue weighted by molar-refractivity contribution is 5.95. The first-order valence-corrected chi connectivity index (χ1v) is 12.5. The molecule has 0 spiro atoms. The molecular weight excluding hydrogens is 460 g/mol. The third-order valence-corrected chi connectivity index (χ3v) is 7.83. The zero-order valence-corrected chi connectivity index (χ0v) is 21.2. The molecule has 0 aromatic heterocycles. The van der Waals surface area contributed by atoms with Crippen LogP contribution in [0.3, 0.4) is 0 Å². The van der Waals surface area contributed by atoms with Gasteiger partial charge < -0.3 is 19.7 Å². The van der Waals surface area contributed by atoms with E-state index in [1.54, 1.807) is 12.1 Å². The molecule has 4 atom stereocenters. The molecule has 5 rings (SSSR count). The lowest BCUT2D eigenvalue weighted by Crippen LogP contribution is -2.61. The summed E-state index contributed by atoms with van der Waals surface area (Å²) in [4.78, 5) is 29.0. The number of ether oxygens (including phenoxy) is 2. The molecule has 2 unspecified atom stereocenters. The third-order valence-electron chi connectivity index (χ3n) is 7.83. The fraction of sp³-hybridized carbons (Fsp3) is 0.500. The number of nitrogens with zero attached hydrogens (tertiary/aromatic N) is 2. The Labute approximate surface area is 211 Å². The average Bonchev–Trinajstić information content (AvgIpc) is 3.34. The number of β-amino-alcohol motifs (C(OH)–C–C–N with tert-alkyl or cyclic N) is 2. The summed E-state index contributed by atoms with van der Waals surface area (Å²) in [5, 5.41) is 22.1. The number of carbonyl (C=O) groups excluding carboxylic acids is 2. The van der Waals surface area contributed by atoms with Gasteiger partial charge in [0.15, 0.2) is 12.2 Å². The van der Waals surface area contributed by atoms with E-state index in [4.69, 9.17) is 9.47 Å². The van der Waals surface area contributed by atoms with E-state index in [1.807, 2.05) is 38.1 Å². The van der Waals surface area contributed by atoms with Gasteiger partial charge in [0, 0.05) is 49.4 Å². The molecule has 8 heteroatoms. The van der Waals surface area contributed by atoms with Crippen molar-refractivity contribution >= 4 is 11.9 Å². The molecule has 0 bridgehead atoms. The van der Waals surface area contributed by atoms with Crippen LogP contribution in [0.2, 0.25) is 0 Å². The van der Waals surface area contributed by atoms with Gasteiger partial charge in [-0.3, -0.25) is 9.80 Å². The largest absolute Gasteiger partial charge is 0.451 e. The normalized spacial score (nSPS) is 25.2. The lowest BCUT2D eigenvalue weighted by Gasteiger charge is -2.48. The van der Waals surface area contributed by atoms with Crippen LogP contribution in [-0.4, -0.2) is 82.4 Å². The van der Waals surface area contributed by atoms with Crippen LogP contribution in [0, 0.1) is 13.8 Å². The SMILES string of the molecule is Cc1cccc2c1C([C@H](O)CN1CCN(C[C@@H](O)C3OC(=O)c4cccc(C)c43)C(C)(C)C1)OC2=O. The van der Waals surface area contributed by atoms with Crippen LogP contribution in [0.25, 0.3) is 0 Å². The number of carbonyl (C=O) groups is 2. The molecule has 0 amide bonds. The van der Waals surface area contributed by atoms with Gasteiger partial charge >= 0.3 is 11.9 Å². The standard InChI is InChI=1S/C28H34N2O6/c1-16-7-5-9-18-22(16)24(35-26(18)33)20(31)13-29-11-12-30(28(3,4)15-29)14-21(32)25-23-17(2)8-6-10-19(23)27(34)36-25/h5-10,20-21,24-25,31-32H,11-15H2,1-4H3/t20-,21-,24?,25?/m1/s1. The molecule has 192 valence electrons. The molecule has 3 aliphatic rings. The van der Waals surface area contributed by atoms with Gasteiger partial charge in [0.2, 0.25) is 0 Å². The molecule has 1 fully saturated rings. The Bertz CT molecular complexity index is 1190. The van der Waals surface area contributed by atoms with E-state index < -0.39 is 24.4 Å². The van der Waals surface area contributed by atoms with E-state index in [9.17, 15) is 19.8 Å². The summed E-state index contributed by atoms with van der Waals surface area (Å²) in [6, 6.07) is 11.0. The Morgan fingerprint density at radius 2 is 1.36 bits per heavy atom.